The maximum absolute atomic E-state index is 6.42. The molecule has 7 heteroatoms. The maximum Gasteiger partial charge on any atom is 0.238 e. The molecule has 7 aromatic heterocycles. The molecule has 12 rings (SSSR count). The average Bonchev–Trinajstić information content (AvgIpc) is 3.82. The van der Waals surface area contributed by atoms with Gasteiger partial charge < -0.3 is 8.82 Å². The van der Waals surface area contributed by atoms with Crippen molar-refractivity contribution >= 4 is 103 Å². The second-order valence-corrected chi connectivity index (χ2v) is 13.1. The van der Waals surface area contributed by atoms with Crippen LogP contribution in [0.4, 0.5) is 0 Å². The van der Waals surface area contributed by atoms with E-state index in [2.05, 4.69) is 86.7 Å². The van der Waals surface area contributed by atoms with Gasteiger partial charge in [-0.15, -0.1) is 11.3 Å². The topological polar surface area (TPSA) is 61.2 Å². The molecule has 7 heterocycles. The molecule has 0 unspecified atom stereocenters. The van der Waals surface area contributed by atoms with Gasteiger partial charge in [0, 0.05) is 65.1 Å². The van der Waals surface area contributed by atoms with Crippen molar-refractivity contribution in [3.8, 4) is 17.2 Å². The Balaban J connectivity index is 1.33. The monoisotopic (exact) mass is 605 g/mol. The molecule has 212 valence electrons. The fourth-order valence-corrected chi connectivity index (χ4v) is 9.13. The zero-order chi connectivity index (χ0) is 29.7. The lowest BCUT2D eigenvalue weighted by molar-refractivity contribution is 0.651. The molecule has 12 aromatic rings. The minimum Gasteiger partial charge on any atom is -0.437 e. The van der Waals surface area contributed by atoms with Gasteiger partial charge in [-0.2, -0.15) is 4.98 Å². The third kappa shape index (κ3) is 2.65. The Morgan fingerprint density at radius 2 is 1.30 bits per heavy atom. The lowest BCUT2D eigenvalue weighted by Gasteiger charge is -2.10. The molecule has 0 atom stereocenters. The van der Waals surface area contributed by atoms with Crippen LogP contribution in [0.25, 0.3) is 109 Å². The molecule has 0 radical (unpaired) electrons. The van der Waals surface area contributed by atoms with Crippen molar-refractivity contribution in [2.75, 3.05) is 0 Å². The fourth-order valence-electron chi connectivity index (χ4n) is 8.01. The fraction of sp³-hybridized carbons (Fsp3) is 0. The van der Waals surface area contributed by atoms with Crippen LogP contribution in [0.2, 0.25) is 0 Å². The summed E-state index contributed by atoms with van der Waals surface area (Å²) in [7, 11) is 0. The first-order valence-corrected chi connectivity index (χ1v) is 16.1. The van der Waals surface area contributed by atoms with Crippen LogP contribution < -0.4 is 0 Å². The number of hydrogen-bond donors (Lipinski definition) is 0. The summed E-state index contributed by atoms with van der Waals surface area (Å²) in [5, 5.41) is 9.54. The summed E-state index contributed by atoms with van der Waals surface area (Å²) in [6.45, 7) is 0. The lowest BCUT2D eigenvalue weighted by Crippen LogP contribution is -2.03. The molecule has 0 saturated carbocycles. The van der Waals surface area contributed by atoms with E-state index in [1.165, 1.54) is 58.3 Å². The van der Waals surface area contributed by atoms with Crippen LogP contribution in [-0.2, 0) is 0 Å². The zero-order valence-corrected chi connectivity index (χ0v) is 24.8. The standard InChI is InChI=1S/C39H19N5OS/c1-3-8-24-21(6-1)22-12-14-30-35-34-29(46-30)15-13-27-33(34)32-25(43(24)37(22)35)9-5-10-26(32)44(27)39-41-36(20-16-18-40-19-17-20)31-23-7-2-4-11-28(23)45-38(31)42-39/h1-19H. The highest BCUT2D eigenvalue weighted by atomic mass is 32.1. The van der Waals surface area contributed by atoms with Crippen molar-refractivity contribution in [2.24, 2.45) is 0 Å². The summed E-state index contributed by atoms with van der Waals surface area (Å²) >= 11 is 1.87. The van der Waals surface area contributed by atoms with Gasteiger partial charge in [0.25, 0.3) is 0 Å². The molecule has 0 aliphatic carbocycles. The SMILES string of the molecule is c1ccc2c(c1)oc1nc(-n3c4ccc5sc6ccc7c8ccccc8n8c9cccc3c9c4c5c6c78)nc(-c3ccncc3)c12. The quantitative estimate of drug-likeness (QED) is 0.197. The number of aromatic nitrogens is 5. The summed E-state index contributed by atoms with van der Waals surface area (Å²) in [4.78, 5) is 14.8. The van der Waals surface area contributed by atoms with Crippen LogP contribution in [0.5, 0.6) is 0 Å². The van der Waals surface area contributed by atoms with Crippen molar-refractivity contribution in [1.82, 2.24) is 23.9 Å². The molecule has 46 heavy (non-hydrogen) atoms. The number of pyridine rings is 1. The average molecular weight is 606 g/mol. The molecule has 6 nitrogen and oxygen atoms in total. The second kappa shape index (κ2) is 7.96. The minimum absolute atomic E-state index is 0.568. The van der Waals surface area contributed by atoms with Gasteiger partial charge in [0.1, 0.15) is 5.58 Å². The number of hydrogen-bond acceptors (Lipinski definition) is 5. The van der Waals surface area contributed by atoms with Gasteiger partial charge in [-0.25, -0.2) is 4.98 Å². The molecule has 0 spiro atoms. The van der Waals surface area contributed by atoms with Crippen LogP contribution in [-0.4, -0.2) is 23.9 Å². The molecule has 0 saturated heterocycles. The number of thiophene rings is 1. The molecule has 5 aromatic carbocycles. The molecule has 0 amide bonds. The largest absolute Gasteiger partial charge is 0.437 e. The maximum atomic E-state index is 6.42. The highest BCUT2D eigenvalue weighted by Crippen LogP contribution is 2.50. The zero-order valence-electron chi connectivity index (χ0n) is 24.0. The number of rotatable bonds is 2. The highest BCUT2D eigenvalue weighted by Gasteiger charge is 2.27. The first-order valence-electron chi connectivity index (χ1n) is 15.3. The van der Waals surface area contributed by atoms with Crippen LogP contribution >= 0.6 is 11.3 Å². The number of benzene rings is 5. The van der Waals surface area contributed by atoms with Gasteiger partial charge in [0.2, 0.25) is 11.7 Å². The number of para-hydroxylation sites is 2. The second-order valence-electron chi connectivity index (χ2n) is 12.0. The third-order valence-corrected chi connectivity index (χ3v) is 10.9. The lowest BCUT2D eigenvalue weighted by atomic mass is 10.0. The van der Waals surface area contributed by atoms with Crippen LogP contribution in [0, 0.1) is 0 Å². The van der Waals surface area contributed by atoms with Gasteiger partial charge in [-0.3, -0.25) is 9.55 Å². The molecule has 0 N–H and O–H groups in total. The van der Waals surface area contributed by atoms with E-state index in [4.69, 9.17) is 14.4 Å². The van der Waals surface area contributed by atoms with Crippen molar-refractivity contribution < 1.29 is 4.42 Å². The predicted molar refractivity (Wildman–Crippen MR) is 188 cm³/mol. The Kier molecular flexibility index (Phi) is 4.04. The smallest absolute Gasteiger partial charge is 0.238 e. The Labute approximate surface area is 263 Å². The molecular weight excluding hydrogens is 587 g/mol. The van der Waals surface area contributed by atoms with E-state index >= 15 is 0 Å². The molecule has 0 aliphatic rings. The highest BCUT2D eigenvalue weighted by molar-refractivity contribution is 7.26. The Morgan fingerprint density at radius 3 is 2.24 bits per heavy atom. The van der Waals surface area contributed by atoms with Crippen molar-refractivity contribution in [3.63, 3.8) is 0 Å². The number of nitrogens with zero attached hydrogens (tertiary/aromatic N) is 5. The van der Waals surface area contributed by atoms with Crippen LogP contribution in [0.1, 0.15) is 0 Å². The Bertz CT molecular complexity index is 3200. The van der Waals surface area contributed by atoms with Crippen LogP contribution in [0.15, 0.2) is 120 Å². The first kappa shape index (κ1) is 23.3. The molecule has 0 aliphatic heterocycles. The summed E-state index contributed by atoms with van der Waals surface area (Å²) in [6, 6.07) is 36.6. The molecular formula is C39H19N5OS. The van der Waals surface area contributed by atoms with Crippen LogP contribution in [0.3, 0.4) is 0 Å². The van der Waals surface area contributed by atoms with E-state index in [0.29, 0.717) is 11.7 Å². The first-order chi connectivity index (χ1) is 22.8. The predicted octanol–water partition coefficient (Wildman–Crippen LogP) is 10.3. The van der Waals surface area contributed by atoms with E-state index in [1.54, 1.807) is 0 Å². The third-order valence-electron chi connectivity index (χ3n) is 9.79. The summed E-state index contributed by atoms with van der Waals surface area (Å²) in [6.07, 6.45) is 3.62. The number of furan rings is 1. The normalized spacial score (nSPS) is 12.8. The van der Waals surface area contributed by atoms with E-state index in [9.17, 15) is 0 Å². The minimum atomic E-state index is 0.568. The molecule has 0 bridgehead atoms. The number of fused-ring (bicyclic) bond motifs is 7. The summed E-state index contributed by atoms with van der Waals surface area (Å²) in [5.41, 5.74) is 8.97. The Hall–Kier alpha value is -6.05. The Morgan fingerprint density at radius 1 is 0.543 bits per heavy atom. The van der Waals surface area contributed by atoms with Crippen molar-refractivity contribution in [3.05, 3.63) is 116 Å². The molecule has 0 fully saturated rings. The summed E-state index contributed by atoms with van der Waals surface area (Å²) in [5.74, 6) is 0.581. The van der Waals surface area contributed by atoms with Gasteiger partial charge in [-0.05, 0) is 54.6 Å². The van der Waals surface area contributed by atoms with Gasteiger partial charge >= 0.3 is 0 Å². The summed E-state index contributed by atoms with van der Waals surface area (Å²) < 4.78 is 13.7. The van der Waals surface area contributed by atoms with E-state index < -0.39 is 0 Å². The van der Waals surface area contributed by atoms with E-state index in [1.807, 2.05) is 54.1 Å². The van der Waals surface area contributed by atoms with Crippen molar-refractivity contribution in [2.45, 2.75) is 0 Å². The van der Waals surface area contributed by atoms with Gasteiger partial charge in [0.15, 0.2) is 0 Å². The van der Waals surface area contributed by atoms with Crippen molar-refractivity contribution in [1.29, 1.82) is 0 Å². The van der Waals surface area contributed by atoms with E-state index in [-0.39, 0.29) is 0 Å². The van der Waals surface area contributed by atoms with Gasteiger partial charge in [0.05, 0.1) is 38.7 Å². The van der Waals surface area contributed by atoms with Gasteiger partial charge in [-0.1, -0.05) is 48.5 Å². The van der Waals surface area contributed by atoms with E-state index in [0.717, 1.165) is 38.6 Å².